The van der Waals surface area contributed by atoms with Crippen LogP contribution in [-0.2, 0) is 10.0 Å². The van der Waals surface area contributed by atoms with Gasteiger partial charge < -0.3 is 9.84 Å². The van der Waals surface area contributed by atoms with Crippen LogP contribution in [0, 0.1) is 0 Å². The van der Waals surface area contributed by atoms with Gasteiger partial charge in [0.1, 0.15) is 10.5 Å². The number of methoxy groups -OCH3 is 1. The summed E-state index contributed by atoms with van der Waals surface area (Å²) >= 11 is 7.49. The summed E-state index contributed by atoms with van der Waals surface area (Å²) in [5, 5.41) is 9.16. The van der Waals surface area contributed by atoms with Crippen molar-refractivity contribution < 1.29 is 23.1 Å². The molecule has 0 aromatic heterocycles. The minimum absolute atomic E-state index is 0.0226. The summed E-state index contributed by atoms with van der Waals surface area (Å²) in [6.45, 7) is 0. The van der Waals surface area contributed by atoms with Crippen LogP contribution in [0.3, 0.4) is 0 Å². The molecule has 0 amide bonds. The number of carboxylic acids is 1. The molecule has 116 valence electrons. The van der Waals surface area contributed by atoms with E-state index in [2.05, 4.69) is 4.72 Å². The lowest BCUT2D eigenvalue weighted by Crippen LogP contribution is -2.35. The first kappa shape index (κ1) is 16.4. The zero-order valence-corrected chi connectivity index (χ0v) is 13.5. The second-order valence-electron chi connectivity index (χ2n) is 4.47. The van der Waals surface area contributed by atoms with Crippen molar-refractivity contribution in [3.05, 3.63) is 22.7 Å². The summed E-state index contributed by atoms with van der Waals surface area (Å²) < 4.78 is 32.4. The van der Waals surface area contributed by atoms with Gasteiger partial charge in [0.15, 0.2) is 5.75 Å². The van der Waals surface area contributed by atoms with Crippen molar-refractivity contribution in [1.29, 1.82) is 0 Å². The van der Waals surface area contributed by atoms with E-state index in [0.29, 0.717) is 5.75 Å². The zero-order valence-electron chi connectivity index (χ0n) is 11.1. The van der Waals surface area contributed by atoms with E-state index in [1.54, 1.807) is 11.8 Å². The average molecular weight is 352 g/mol. The number of rotatable bonds is 5. The number of halogens is 1. The molecule has 1 aromatic carbocycles. The molecule has 21 heavy (non-hydrogen) atoms. The molecule has 0 radical (unpaired) electrons. The minimum Gasteiger partial charge on any atom is -0.494 e. The zero-order chi connectivity index (χ0) is 15.6. The first-order chi connectivity index (χ1) is 9.85. The molecule has 2 rings (SSSR count). The molecule has 0 saturated carbocycles. The molecule has 1 saturated heterocycles. The monoisotopic (exact) mass is 351 g/mol. The molecular weight excluding hydrogens is 338 g/mol. The van der Waals surface area contributed by atoms with Gasteiger partial charge in [0.25, 0.3) is 0 Å². The first-order valence-corrected chi connectivity index (χ1v) is 9.07. The number of ether oxygens (including phenoxy) is 1. The predicted octanol–water partition coefficient (Wildman–Crippen LogP) is 1.83. The van der Waals surface area contributed by atoms with Gasteiger partial charge in [-0.25, -0.2) is 17.9 Å². The molecule has 1 heterocycles. The van der Waals surface area contributed by atoms with Crippen molar-refractivity contribution in [3.63, 3.8) is 0 Å². The molecule has 1 atom stereocenters. The van der Waals surface area contributed by atoms with Crippen molar-refractivity contribution in [1.82, 2.24) is 4.72 Å². The standard InChI is InChI=1S/C12H14ClNO5S2/c1-19-11-9(12(15)16)4-7(13)5-10(11)21(17,18)14-8-2-3-20-6-8/h4-5,8,14H,2-3,6H2,1H3,(H,15,16). The molecule has 1 fully saturated rings. The lowest BCUT2D eigenvalue weighted by atomic mass is 10.2. The Balaban J connectivity index is 2.48. The fraction of sp³-hybridized carbons (Fsp3) is 0.417. The fourth-order valence-corrected chi connectivity index (χ4v) is 5.08. The number of thioether (sulfide) groups is 1. The number of nitrogens with one attached hydrogen (secondary N) is 1. The number of hydrogen-bond donors (Lipinski definition) is 2. The highest BCUT2D eigenvalue weighted by molar-refractivity contribution is 7.99. The van der Waals surface area contributed by atoms with Crippen LogP contribution < -0.4 is 9.46 Å². The molecule has 1 aliphatic heterocycles. The minimum atomic E-state index is -3.90. The molecule has 1 unspecified atom stereocenters. The van der Waals surface area contributed by atoms with E-state index < -0.39 is 16.0 Å². The molecule has 0 aliphatic carbocycles. The molecule has 0 spiro atoms. The van der Waals surface area contributed by atoms with Crippen molar-refractivity contribution in [3.8, 4) is 5.75 Å². The van der Waals surface area contributed by atoms with Crippen LogP contribution in [-0.4, -0.2) is 44.2 Å². The Hall–Kier alpha value is -0.960. The number of carboxylic acid groups (broad SMARTS) is 1. The summed E-state index contributed by atoms with van der Waals surface area (Å²) in [5.74, 6) is 0.0565. The Labute approximate surface area is 131 Å². The third-order valence-corrected chi connectivity index (χ3v) is 5.90. The summed E-state index contributed by atoms with van der Waals surface area (Å²) in [7, 11) is -2.68. The lowest BCUT2D eigenvalue weighted by Gasteiger charge is -2.16. The van der Waals surface area contributed by atoms with Crippen LogP contribution >= 0.6 is 23.4 Å². The van der Waals surface area contributed by atoms with Gasteiger partial charge in [0.05, 0.1) is 7.11 Å². The highest BCUT2D eigenvalue weighted by Crippen LogP contribution is 2.32. The number of sulfonamides is 1. The molecule has 1 aromatic rings. The van der Waals surface area contributed by atoms with Crippen LogP contribution in [0.4, 0.5) is 0 Å². The van der Waals surface area contributed by atoms with Gasteiger partial charge in [-0.05, 0) is 24.3 Å². The normalized spacial score (nSPS) is 18.7. The van der Waals surface area contributed by atoms with Gasteiger partial charge in [0, 0.05) is 16.8 Å². The molecular formula is C12H14ClNO5S2. The second kappa shape index (κ2) is 6.43. The van der Waals surface area contributed by atoms with E-state index >= 15 is 0 Å². The van der Waals surface area contributed by atoms with Crippen molar-refractivity contribution in [2.75, 3.05) is 18.6 Å². The molecule has 6 nitrogen and oxygen atoms in total. The smallest absolute Gasteiger partial charge is 0.339 e. The fourth-order valence-electron chi connectivity index (χ4n) is 2.05. The Morgan fingerprint density at radius 3 is 2.76 bits per heavy atom. The molecule has 2 N–H and O–H groups in total. The Kier molecular flexibility index (Phi) is 5.03. The van der Waals surface area contributed by atoms with Gasteiger partial charge in [-0.3, -0.25) is 0 Å². The van der Waals surface area contributed by atoms with Crippen LogP contribution in [0.1, 0.15) is 16.8 Å². The van der Waals surface area contributed by atoms with Crippen molar-refractivity contribution in [2.45, 2.75) is 17.4 Å². The summed E-state index contributed by atoms with van der Waals surface area (Å²) in [4.78, 5) is 10.9. The number of carbonyl (C=O) groups is 1. The summed E-state index contributed by atoms with van der Waals surface area (Å²) in [5.41, 5.74) is -0.286. The summed E-state index contributed by atoms with van der Waals surface area (Å²) in [6.07, 6.45) is 0.735. The highest BCUT2D eigenvalue weighted by Gasteiger charge is 2.29. The van der Waals surface area contributed by atoms with Crippen molar-refractivity contribution >= 4 is 39.4 Å². The Bertz CT molecular complexity index is 656. The maximum Gasteiger partial charge on any atom is 0.339 e. The van der Waals surface area contributed by atoms with Gasteiger partial charge in [-0.15, -0.1) is 0 Å². The predicted molar refractivity (Wildman–Crippen MR) is 81.0 cm³/mol. The molecule has 9 heteroatoms. The number of aromatic carboxylic acids is 1. The number of benzene rings is 1. The quantitative estimate of drug-likeness (QED) is 0.840. The van der Waals surface area contributed by atoms with Crippen molar-refractivity contribution in [2.24, 2.45) is 0 Å². The van der Waals surface area contributed by atoms with Crippen LogP contribution in [0.5, 0.6) is 5.75 Å². The number of hydrogen-bond acceptors (Lipinski definition) is 5. The largest absolute Gasteiger partial charge is 0.494 e. The lowest BCUT2D eigenvalue weighted by molar-refractivity contribution is 0.0693. The van der Waals surface area contributed by atoms with E-state index in [-0.39, 0.29) is 27.3 Å². The Morgan fingerprint density at radius 2 is 2.24 bits per heavy atom. The SMILES string of the molecule is COc1c(C(=O)O)cc(Cl)cc1S(=O)(=O)NC1CCSC1. The van der Waals surface area contributed by atoms with E-state index in [9.17, 15) is 13.2 Å². The topological polar surface area (TPSA) is 92.7 Å². The van der Waals surface area contributed by atoms with E-state index in [1.807, 2.05) is 0 Å². The van der Waals surface area contributed by atoms with E-state index in [1.165, 1.54) is 13.2 Å². The maximum absolute atomic E-state index is 12.4. The first-order valence-electron chi connectivity index (χ1n) is 6.06. The molecule has 0 bridgehead atoms. The van der Waals surface area contributed by atoms with Crippen LogP contribution in [0.2, 0.25) is 5.02 Å². The second-order valence-corrected chi connectivity index (χ2v) is 7.74. The highest BCUT2D eigenvalue weighted by atomic mass is 35.5. The van der Waals surface area contributed by atoms with Crippen LogP contribution in [0.15, 0.2) is 17.0 Å². The van der Waals surface area contributed by atoms with E-state index in [4.69, 9.17) is 21.4 Å². The maximum atomic E-state index is 12.4. The van der Waals surface area contributed by atoms with E-state index in [0.717, 1.165) is 18.2 Å². The Morgan fingerprint density at radius 1 is 1.52 bits per heavy atom. The van der Waals surface area contributed by atoms with Gasteiger partial charge in [0.2, 0.25) is 10.0 Å². The van der Waals surface area contributed by atoms with Crippen LogP contribution in [0.25, 0.3) is 0 Å². The van der Waals surface area contributed by atoms with Gasteiger partial charge >= 0.3 is 5.97 Å². The average Bonchev–Trinajstić information content (AvgIpc) is 2.89. The molecule has 1 aliphatic rings. The van der Waals surface area contributed by atoms with Gasteiger partial charge in [-0.2, -0.15) is 11.8 Å². The third-order valence-electron chi connectivity index (χ3n) is 3.00. The summed E-state index contributed by atoms with van der Waals surface area (Å²) in [6, 6.07) is 2.18. The third kappa shape index (κ3) is 3.63. The van der Waals surface area contributed by atoms with Gasteiger partial charge in [-0.1, -0.05) is 11.6 Å².